The fraction of sp³-hybridized carbons (Fsp3) is 0.714. The van der Waals surface area contributed by atoms with E-state index in [1.54, 1.807) is 6.92 Å². The Bertz CT molecular complexity index is 556. The van der Waals surface area contributed by atoms with E-state index in [-0.39, 0.29) is 29.4 Å². The molecule has 1 amide bonds. The standard InChI is InChI=1S/C14H19BrF3N3O/c1-9-5-3-4-7-20(9)11(22)6-8-21-10(2)12(15)13(19-21)14(16,17)18/h9H,3-8H2,1-2H3. The van der Waals surface area contributed by atoms with E-state index in [0.717, 1.165) is 25.8 Å². The first-order chi connectivity index (χ1) is 10.2. The van der Waals surface area contributed by atoms with Crippen molar-refractivity contribution in [3.05, 3.63) is 15.9 Å². The fourth-order valence-electron chi connectivity index (χ4n) is 2.74. The molecule has 1 saturated heterocycles. The molecule has 0 aliphatic carbocycles. The number of aryl methyl sites for hydroxylation is 1. The van der Waals surface area contributed by atoms with Gasteiger partial charge in [-0.3, -0.25) is 9.48 Å². The third kappa shape index (κ3) is 3.64. The molecule has 1 unspecified atom stereocenters. The number of hydrogen-bond donors (Lipinski definition) is 0. The predicted octanol–water partition coefficient (Wildman–Crippen LogP) is 3.76. The lowest BCUT2D eigenvalue weighted by atomic mass is 10.0. The Kier molecular flexibility index (Phi) is 5.19. The number of hydrogen-bond acceptors (Lipinski definition) is 2. The first kappa shape index (κ1) is 17.3. The highest BCUT2D eigenvalue weighted by atomic mass is 79.9. The van der Waals surface area contributed by atoms with E-state index in [2.05, 4.69) is 21.0 Å². The van der Waals surface area contributed by atoms with Crippen molar-refractivity contribution in [3.8, 4) is 0 Å². The summed E-state index contributed by atoms with van der Waals surface area (Å²) in [6, 6.07) is 0.206. The minimum Gasteiger partial charge on any atom is -0.340 e. The van der Waals surface area contributed by atoms with Gasteiger partial charge in [-0.1, -0.05) is 0 Å². The SMILES string of the molecule is Cc1c(Br)c(C(F)(F)F)nn1CCC(=O)N1CCCCC1C. The highest BCUT2D eigenvalue weighted by Crippen LogP contribution is 2.35. The zero-order valence-corrected chi connectivity index (χ0v) is 14.2. The van der Waals surface area contributed by atoms with Crippen molar-refractivity contribution < 1.29 is 18.0 Å². The Morgan fingerprint density at radius 2 is 2.09 bits per heavy atom. The molecule has 0 spiro atoms. The highest BCUT2D eigenvalue weighted by molar-refractivity contribution is 9.10. The molecule has 1 aliphatic rings. The number of carbonyl (C=O) groups is 1. The average Bonchev–Trinajstić information content (AvgIpc) is 2.73. The minimum atomic E-state index is -4.50. The number of alkyl halides is 3. The maximum absolute atomic E-state index is 12.8. The molecule has 1 atom stereocenters. The Morgan fingerprint density at radius 1 is 1.41 bits per heavy atom. The molecule has 0 N–H and O–H groups in total. The van der Waals surface area contributed by atoms with Crippen LogP contribution < -0.4 is 0 Å². The number of halogens is 4. The van der Waals surface area contributed by atoms with Crippen LogP contribution in [-0.2, 0) is 17.5 Å². The molecule has 0 radical (unpaired) electrons. The van der Waals surface area contributed by atoms with Crippen molar-refractivity contribution in [2.45, 2.75) is 58.3 Å². The summed E-state index contributed by atoms with van der Waals surface area (Å²) in [6.07, 6.45) is -1.25. The number of amides is 1. The normalized spacial score (nSPS) is 19.5. The monoisotopic (exact) mass is 381 g/mol. The van der Waals surface area contributed by atoms with E-state index in [1.807, 2.05) is 11.8 Å². The molecule has 124 valence electrons. The predicted molar refractivity (Wildman–Crippen MR) is 79.3 cm³/mol. The van der Waals surface area contributed by atoms with Crippen LogP contribution in [0.1, 0.15) is 44.0 Å². The number of carbonyl (C=O) groups excluding carboxylic acids is 1. The van der Waals surface area contributed by atoms with Gasteiger partial charge in [0, 0.05) is 19.0 Å². The maximum Gasteiger partial charge on any atom is 0.436 e. The van der Waals surface area contributed by atoms with Crippen LogP contribution in [0.5, 0.6) is 0 Å². The summed E-state index contributed by atoms with van der Waals surface area (Å²) >= 11 is 2.93. The van der Waals surface area contributed by atoms with Crippen molar-refractivity contribution in [2.75, 3.05) is 6.54 Å². The molecule has 8 heteroatoms. The third-order valence-electron chi connectivity index (χ3n) is 4.06. The topological polar surface area (TPSA) is 38.1 Å². The Hall–Kier alpha value is -1.05. The van der Waals surface area contributed by atoms with Crippen molar-refractivity contribution in [3.63, 3.8) is 0 Å². The Morgan fingerprint density at radius 3 is 2.64 bits per heavy atom. The van der Waals surface area contributed by atoms with Gasteiger partial charge in [-0.05, 0) is 49.0 Å². The number of piperidine rings is 1. The molecule has 1 aromatic heterocycles. The molecule has 2 rings (SSSR count). The number of aromatic nitrogens is 2. The van der Waals surface area contributed by atoms with E-state index >= 15 is 0 Å². The number of nitrogens with zero attached hydrogens (tertiary/aromatic N) is 3. The second-order valence-corrected chi connectivity index (χ2v) is 6.44. The van der Waals surface area contributed by atoms with Gasteiger partial charge in [0.05, 0.1) is 16.7 Å². The average molecular weight is 382 g/mol. The molecule has 2 heterocycles. The first-order valence-corrected chi connectivity index (χ1v) is 8.10. The van der Waals surface area contributed by atoms with Crippen LogP contribution >= 0.6 is 15.9 Å². The van der Waals surface area contributed by atoms with Gasteiger partial charge < -0.3 is 4.90 Å². The van der Waals surface area contributed by atoms with Crippen molar-refractivity contribution in [2.24, 2.45) is 0 Å². The van der Waals surface area contributed by atoms with Crippen LogP contribution in [0.25, 0.3) is 0 Å². The molecular weight excluding hydrogens is 363 g/mol. The summed E-state index contributed by atoms with van der Waals surface area (Å²) < 4.78 is 39.6. The zero-order chi connectivity index (χ0) is 16.5. The second-order valence-electron chi connectivity index (χ2n) is 5.65. The quantitative estimate of drug-likeness (QED) is 0.799. The van der Waals surface area contributed by atoms with Crippen LogP contribution in [0.2, 0.25) is 0 Å². The Balaban J connectivity index is 2.04. The molecule has 1 aromatic rings. The minimum absolute atomic E-state index is 0.0215. The molecule has 1 fully saturated rings. The van der Waals surface area contributed by atoms with Crippen molar-refractivity contribution in [1.82, 2.24) is 14.7 Å². The number of rotatable bonds is 3. The van der Waals surface area contributed by atoms with Crippen molar-refractivity contribution >= 4 is 21.8 Å². The Labute approximate surface area is 135 Å². The van der Waals surface area contributed by atoms with Crippen molar-refractivity contribution in [1.29, 1.82) is 0 Å². The van der Waals surface area contributed by atoms with Gasteiger partial charge in [0.25, 0.3) is 0 Å². The fourth-order valence-corrected chi connectivity index (χ4v) is 3.25. The molecule has 4 nitrogen and oxygen atoms in total. The summed E-state index contributed by atoms with van der Waals surface area (Å²) in [4.78, 5) is 14.1. The van der Waals surface area contributed by atoms with E-state index < -0.39 is 11.9 Å². The van der Waals surface area contributed by atoms with Crippen LogP contribution in [0.4, 0.5) is 13.2 Å². The lowest BCUT2D eigenvalue weighted by Crippen LogP contribution is -2.42. The van der Waals surface area contributed by atoms with E-state index in [1.165, 1.54) is 4.68 Å². The van der Waals surface area contributed by atoms with E-state index in [4.69, 9.17) is 0 Å². The van der Waals surface area contributed by atoms with Gasteiger partial charge >= 0.3 is 6.18 Å². The van der Waals surface area contributed by atoms with Gasteiger partial charge in [-0.2, -0.15) is 18.3 Å². The number of likely N-dealkylation sites (tertiary alicyclic amines) is 1. The summed E-state index contributed by atoms with van der Waals surface area (Å²) in [7, 11) is 0. The second kappa shape index (κ2) is 6.60. The summed E-state index contributed by atoms with van der Waals surface area (Å²) in [5.74, 6) is -0.0215. The summed E-state index contributed by atoms with van der Waals surface area (Å²) in [5, 5.41) is 3.59. The van der Waals surface area contributed by atoms with Gasteiger partial charge in [-0.15, -0.1) is 0 Å². The lowest BCUT2D eigenvalue weighted by Gasteiger charge is -2.33. The third-order valence-corrected chi connectivity index (χ3v) is 5.01. The maximum atomic E-state index is 12.8. The van der Waals surface area contributed by atoms with E-state index in [0.29, 0.717) is 5.69 Å². The largest absolute Gasteiger partial charge is 0.436 e. The zero-order valence-electron chi connectivity index (χ0n) is 12.6. The van der Waals surface area contributed by atoms with Crippen LogP contribution in [-0.4, -0.2) is 33.2 Å². The van der Waals surface area contributed by atoms with E-state index in [9.17, 15) is 18.0 Å². The van der Waals surface area contributed by atoms with Gasteiger partial charge in [0.2, 0.25) is 5.91 Å². The molecule has 22 heavy (non-hydrogen) atoms. The van der Waals surface area contributed by atoms with Gasteiger partial charge in [0.1, 0.15) is 0 Å². The molecule has 0 saturated carbocycles. The van der Waals surface area contributed by atoms with Gasteiger partial charge in [-0.25, -0.2) is 0 Å². The van der Waals surface area contributed by atoms with Crippen LogP contribution in [0, 0.1) is 6.92 Å². The van der Waals surface area contributed by atoms with Crippen LogP contribution in [0.15, 0.2) is 4.47 Å². The molecular formula is C14H19BrF3N3O. The molecule has 0 aromatic carbocycles. The smallest absolute Gasteiger partial charge is 0.340 e. The highest BCUT2D eigenvalue weighted by Gasteiger charge is 2.38. The molecule has 1 aliphatic heterocycles. The first-order valence-electron chi connectivity index (χ1n) is 7.31. The van der Waals surface area contributed by atoms with Crippen LogP contribution in [0.3, 0.4) is 0 Å². The van der Waals surface area contributed by atoms with Gasteiger partial charge in [0.15, 0.2) is 5.69 Å². The lowest BCUT2D eigenvalue weighted by molar-refractivity contribution is -0.142. The molecule has 0 bridgehead atoms. The summed E-state index contributed by atoms with van der Waals surface area (Å²) in [6.45, 7) is 4.45. The summed E-state index contributed by atoms with van der Waals surface area (Å²) in [5.41, 5.74) is -0.560.